The van der Waals surface area contributed by atoms with Crippen LogP contribution >= 0.6 is 0 Å². The van der Waals surface area contributed by atoms with Crippen molar-refractivity contribution in [2.24, 2.45) is 0 Å². The molecule has 25 heavy (non-hydrogen) atoms. The van der Waals surface area contributed by atoms with E-state index in [4.69, 9.17) is 14.0 Å². The van der Waals surface area contributed by atoms with Crippen LogP contribution in [-0.2, 0) is 6.54 Å². The van der Waals surface area contributed by atoms with Gasteiger partial charge in [-0.15, -0.1) is 0 Å². The SMILES string of the molecule is Cc1noc(C)c1Cn1cc(NC(=O)c2cccc3c2OCO3)cn1. The number of anilines is 1. The number of para-hydroxylation sites is 1. The van der Waals surface area contributed by atoms with Gasteiger partial charge >= 0.3 is 0 Å². The molecule has 3 aromatic rings. The van der Waals surface area contributed by atoms with Crippen molar-refractivity contribution in [2.45, 2.75) is 20.4 Å². The van der Waals surface area contributed by atoms with Gasteiger partial charge in [-0.25, -0.2) is 0 Å². The molecule has 1 N–H and O–H groups in total. The van der Waals surface area contributed by atoms with Crippen LogP contribution in [0.25, 0.3) is 0 Å². The first-order valence-electron chi connectivity index (χ1n) is 7.76. The predicted octanol–water partition coefficient (Wildman–Crippen LogP) is 2.52. The number of nitrogens with one attached hydrogen (secondary N) is 1. The van der Waals surface area contributed by atoms with E-state index in [0.717, 1.165) is 17.0 Å². The topological polar surface area (TPSA) is 91.4 Å². The van der Waals surface area contributed by atoms with Crippen LogP contribution in [-0.4, -0.2) is 27.6 Å². The van der Waals surface area contributed by atoms with Crippen LogP contribution in [0, 0.1) is 13.8 Å². The summed E-state index contributed by atoms with van der Waals surface area (Å²) in [6.07, 6.45) is 3.35. The molecule has 1 aliphatic rings. The van der Waals surface area contributed by atoms with Crippen LogP contribution in [0.3, 0.4) is 0 Å². The molecule has 128 valence electrons. The van der Waals surface area contributed by atoms with Gasteiger partial charge in [0.15, 0.2) is 11.5 Å². The number of hydrogen-bond acceptors (Lipinski definition) is 6. The summed E-state index contributed by atoms with van der Waals surface area (Å²) < 4.78 is 17.5. The second-order valence-electron chi connectivity index (χ2n) is 5.72. The van der Waals surface area contributed by atoms with E-state index >= 15 is 0 Å². The minimum Gasteiger partial charge on any atom is -0.454 e. The number of benzene rings is 1. The van der Waals surface area contributed by atoms with Crippen molar-refractivity contribution in [3.63, 3.8) is 0 Å². The second-order valence-corrected chi connectivity index (χ2v) is 5.72. The number of aryl methyl sites for hydroxylation is 2. The Morgan fingerprint density at radius 2 is 2.20 bits per heavy atom. The van der Waals surface area contributed by atoms with E-state index in [0.29, 0.717) is 29.3 Å². The summed E-state index contributed by atoms with van der Waals surface area (Å²) in [6.45, 7) is 4.39. The van der Waals surface area contributed by atoms with Gasteiger partial charge in [-0.2, -0.15) is 5.10 Å². The van der Waals surface area contributed by atoms with Gasteiger partial charge in [-0.3, -0.25) is 9.48 Å². The van der Waals surface area contributed by atoms with Crippen molar-refractivity contribution in [1.29, 1.82) is 0 Å². The maximum Gasteiger partial charge on any atom is 0.259 e. The molecule has 0 saturated carbocycles. The number of aromatic nitrogens is 3. The van der Waals surface area contributed by atoms with Crippen molar-refractivity contribution >= 4 is 11.6 Å². The molecule has 8 heteroatoms. The zero-order valence-corrected chi connectivity index (χ0v) is 13.8. The largest absolute Gasteiger partial charge is 0.454 e. The molecule has 0 fully saturated rings. The quantitative estimate of drug-likeness (QED) is 0.785. The molecule has 0 atom stereocenters. The summed E-state index contributed by atoms with van der Waals surface area (Å²) in [4.78, 5) is 12.5. The highest BCUT2D eigenvalue weighted by atomic mass is 16.7. The maximum atomic E-state index is 12.5. The van der Waals surface area contributed by atoms with Crippen LogP contribution in [0.1, 0.15) is 27.4 Å². The minimum absolute atomic E-state index is 0.120. The molecule has 1 amide bonds. The number of fused-ring (bicyclic) bond motifs is 1. The summed E-state index contributed by atoms with van der Waals surface area (Å²) in [5, 5.41) is 11.0. The molecule has 0 spiro atoms. The summed E-state index contributed by atoms with van der Waals surface area (Å²) in [5.41, 5.74) is 2.82. The Morgan fingerprint density at radius 3 is 3.00 bits per heavy atom. The van der Waals surface area contributed by atoms with Gasteiger partial charge in [-0.05, 0) is 26.0 Å². The number of hydrogen-bond donors (Lipinski definition) is 1. The predicted molar refractivity (Wildman–Crippen MR) is 87.8 cm³/mol. The van der Waals surface area contributed by atoms with Crippen LogP contribution in [0.15, 0.2) is 35.1 Å². The lowest BCUT2D eigenvalue weighted by Crippen LogP contribution is -2.12. The van der Waals surface area contributed by atoms with E-state index in [9.17, 15) is 4.79 Å². The zero-order chi connectivity index (χ0) is 17.4. The standard InChI is InChI=1S/C17H16N4O4/c1-10-14(11(2)25-20-10)8-21-7-12(6-18-21)19-17(22)13-4-3-5-15-16(13)24-9-23-15/h3-7H,8-9H2,1-2H3,(H,19,22). The highest BCUT2D eigenvalue weighted by molar-refractivity contribution is 6.06. The Hall–Kier alpha value is -3.29. The molecule has 4 rings (SSSR count). The Morgan fingerprint density at radius 1 is 1.32 bits per heavy atom. The van der Waals surface area contributed by atoms with Gasteiger partial charge in [0.1, 0.15) is 5.76 Å². The normalized spacial score (nSPS) is 12.4. The number of amides is 1. The smallest absolute Gasteiger partial charge is 0.259 e. The lowest BCUT2D eigenvalue weighted by molar-refractivity contribution is 0.102. The van der Waals surface area contributed by atoms with E-state index in [-0.39, 0.29) is 12.7 Å². The summed E-state index contributed by atoms with van der Waals surface area (Å²) in [5.74, 6) is 1.51. The molecule has 0 saturated heterocycles. The Balaban J connectivity index is 1.50. The maximum absolute atomic E-state index is 12.5. The van der Waals surface area contributed by atoms with E-state index in [1.165, 1.54) is 0 Å². The monoisotopic (exact) mass is 340 g/mol. The molecule has 8 nitrogen and oxygen atoms in total. The van der Waals surface area contributed by atoms with Crippen LogP contribution in [0.2, 0.25) is 0 Å². The second kappa shape index (κ2) is 5.97. The summed E-state index contributed by atoms with van der Waals surface area (Å²) in [6, 6.07) is 5.21. The molecule has 0 radical (unpaired) electrons. The molecule has 0 unspecified atom stereocenters. The van der Waals surface area contributed by atoms with Crippen molar-refractivity contribution in [2.75, 3.05) is 12.1 Å². The van der Waals surface area contributed by atoms with Crippen molar-refractivity contribution in [3.05, 3.63) is 53.2 Å². The fraction of sp³-hybridized carbons (Fsp3) is 0.235. The zero-order valence-electron chi connectivity index (χ0n) is 13.8. The minimum atomic E-state index is -0.278. The van der Waals surface area contributed by atoms with Crippen molar-refractivity contribution in [1.82, 2.24) is 14.9 Å². The molecular formula is C17H16N4O4. The summed E-state index contributed by atoms with van der Waals surface area (Å²) >= 11 is 0. The van der Waals surface area contributed by atoms with Crippen molar-refractivity contribution in [3.8, 4) is 11.5 Å². The molecule has 1 aromatic carbocycles. The third-order valence-corrected chi connectivity index (χ3v) is 4.03. The molecular weight excluding hydrogens is 324 g/mol. The number of nitrogens with zero attached hydrogens (tertiary/aromatic N) is 3. The Bertz CT molecular complexity index is 925. The highest BCUT2D eigenvalue weighted by Crippen LogP contribution is 2.35. The first-order chi connectivity index (χ1) is 12.1. The lowest BCUT2D eigenvalue weighted by Gasteiger charge is -2.05. The van der Waals surface area contributed by atoms with Crippen LogP contribution in [0.4, 0.5) is 5.69 Å². The number of ether oxygens (including phenoxy) is 2. The number of rotatable bonds is 4. The average Bonchev–Trinajstić information content (AvgIpc) is 3.31. The molecule has 3 heterocycles. The number of carbonyl (C=O) groups is 1. The molecule has 0 bridgehead atoms. The average molecular weight is 340 g/mol. The third-order valence-electron chi connectivity index (χ3n) is 4.03. The fourth-order valence-corrected chi connectivity index (χ4v) is 2.71. The molecule has 0 aliphatic carbocycles. The van der Waals surface area contributed by atoms with Gasteiger partial charge in [-0.1, -0.05) is 11.2 Å². The highest BCUT2D eigenvalue weighted by Gasteiger charge is 2.22. The van der Waals surface area contributed by atoms with Crippen LogP contribution in [0.5, 0.6) is 11.5 Å². The van der Waals surface area contributed by atoms with Gasteiger partial charge in [0, 0.05) is 11.8 Å². The van der Waals surface area contributed by atoms with Crippen LogP contribution < -0.4 is 14.8 Å². The fourth-order valence-electron chi connectivity index (χ4n) is 2.71. The van der Waals surface area contributed by atoms with Gasteiger partial charge in [0.25, 0.3) is 5.91 Å². The lowest BCUT2D eigenvalue weighted by atomic mass is 10.1. The van der Waals surface area contributed by atoms with Gasteiger partial charge < -0.3 is 19.3 Å². The molecule has 2 aromatic heterocycles. The Kier molecular flexibility index (Phi) is 3.64. The number of carbonyl (C=O) groups excluding carboxylic acids is 1. The van der Waals surface area contributed by atoms with Gasteiger partial charge in [0.2, 0.25) is 6.79 Å². The first kappa shape index (κ1) is 15.3. The first-order valence-corrected chi connectivity index (χ1v) is 7.76. The van der Waals surface area contributed by atoms with E-state index < -0.39 is 0 Å². The van der Waals surface area contributed by atoms with E-state index in [2.05, 4.69) is 15.6 Å². The van der Waals surface area contributed by atoms with Gasteiger partial charge in [0.05, 0.1) is 29.7 Å². The van der Waals surface area contributed by atoms with E-state index in [1.807, 2.05) is 13.8 Å². The molecule has 1 aliphatic heterocycles. The van der Waals surface area contributed by atoms with E-state index in [1.54, 1.807) is 35.3 Å². The Labute approximate surface area is 143 Å². The third kappa shape index (κ3) is 2.82. The summed E-state index contributed by atoms with van der Waals surface area (Å²) in [7, 11) is 0. The van der Waals surface area contributed by atoms with Crippen molar-refractivity contribution < 1.29 is 18.8 Å².